The Labute approximate surface area is 163 Å². The van der Waals surface area contributed by atoms with Gasteiger partial charge in [0, 0.05) is 31.7 Å². The number of aromatic hydroxyl groups is 1. The summed E-state index contributed by atoms with van der Waals surface area (Å²) in [4.78, 5) is 28.5. The lowest BCUT2D eigenvalue weighted by Crippen LogP contribution is -2.50. The van der Waals surface area contributed by atoms with Crippen molar-refractivity contribution in [3.63, 3.8) is 0 Å². The summed E-state index contributed by atoms with van der Waals surface area (Å²) in [7, 11) is -2.23. The fraction of sp³-hybridized carbons (Fsp3) is 0.263. The van der Waals surface area contributed by atoms with Crippen molar-refractivity contribution in [3.05, 3.63) is 59.7 Å². The predicted octanol–water partition coefficient (Wildman–Crippen LogP) is 0.898. The van der Waals surface area contributed by atoms with Crippen LogP contribution in [0.15, 0.2) is 53.4 Å². The summed E-state index contributed by atoms with van der Waals surface area (Å²) in [5, 5.41) is 9.84. The molecule has 2 aromatic carbocycles. The first-order valence-electron chi connectivity index (χ1n) is 8.73. The number of nitrogens with one attached hydrogen (secondary N) is 1. The smallest absolute Gasteiger partial charge is 0.257 e. The van der Waals surface area contributed by atoms with Gasteiger partial charge in [0.05, 0.1) is 10.5 Å². The van der Waals surface area contributed by atoms with E-state index in [2.05, 4.69) is 4.72 Å². The first-order chi connectivity index (χ1) is 13.3. The van der Waals surface area contributed by atoms with Gasteiger partial charge in [-0.3, -0.25) is 9.59 Å². The second-order valence-electron chi connectivity index (χ2n) is 6.33. The van der Waals surface area contributed by atoms with Crippen LogP contribution in [-0.4, -0.2) is 68.4 Å². The Bertz CT molecular complexity index is 981. The number of phenolic OH excluding ortho intramolecular Hbond substituents is 1. The van der Waals surface area contributed by atoms with Crippen molar-refractivity contribution < 1.29 is 23.1 Å². The van der Waals surface area contributed by atoms with Crippen molar-refractivity contribution in [3.8, 4) is 5.75 Å². The minimum absolute atomic E-state index is 0.0670. The van der Waals surface area contributed by atoms with Crippen molar-refractivity contribution in [2.24, 2.45) is 0 Å². The van der Waals surface area contributed by atoms with Gasteiger partial charge >= 0.3 is 0 Å². The zero-order valence-electron chi connectivity index (χ0n) is 15.3. The van der Waals surface area contributed by atoms with Crippen molar-refractivity contribution in [2.45, 2.75) is 4.90 Å². The highest BCUT2D eigenvalue weighted by Crippen LogP contribution is 2.19. The highest BCUT2D eigenvalue weighted by Gasteiger charge is 2.26. The van der Waals surface area contributed by atoms with E-state index in [0.717, 1.165) is 0 Å². The van der Waals surface area contributed by atoms with Crippen LogP contribution in [0, 0.1) is 0 Å². The Morgan fingerprint density at radius 1 is 0.893 bits per heavy atom. The molecule has 9 heteroatoms. The molecule has 1 aliphatic rings. The zero-order valence-corrected chi connectivity index (χ0v) is 16.1. The van der Waals surface area contributed by atoms with E-state index < -0.39 is 10.0 Å². The number of carbonyl (C=O) groups excluding carboxylic acids is 2. The van der Waals surface area contributed by atoms with Gasteiger partial charge in [-0.25, -0.2) is 13.1 Å². The first kappa shape index (κ1) is 19.8. The number of hydrogen-bond donors (Lipinski definition) is 2. The number of phenols is 1. The molecule has 3 rings (SSSR count). The third-order valence-corrected chi connectivity index (χ3v) is 6.10. The van der Waals surface area contributed by atoms with Gasteiger partial charge in [0.25, 0.3) is 11.8 Å². The van der Waals surface area contributed by atoms with Crippen LogP contribution in [0.3, 0.4) is 0 Å². The average molecular weight is 403 g/mol. The maximum Gasteiger partial charge on any atom is 0.257 e. The summed E-state index contributed by atoms with van der Waals surface area (Å²) in [6.45, 7) is 1.42. The quantitative estimate of drug-likeness (QED) is 0.789. The van der Waals surface area contributed by atoms with E-state index in [9.17, 15) is 23.1 Å². The lowest BCUT2D eigenvalue weighted by molar-refractivity contribution is 0.0533. The molecule has 2 amide bonds. The fourth-order valence-electron chi connectivity index (χ4n) is 3.01. The zero-order chi connectivity index (χ0) is 20.3. The second kappa shape index (κ2) is 7.99. The molecule has 1 saturated heterocycles. The number of para-hydroxylation sites is 1. The molecule has 2 aromatic rings. The van der Waals surface area contributed by atoms with Crippen LogP contribution in [0.2, 0.25) is 0 Å². The Morgan fingerprint density at radius 3 is 1.96 bits per heavy atom. The second-order valence-corrected chi connectivity index (χ2v) is 8.22. The van der Waals surface area contributed by atoms with Crippen LogP contribution in [0.25, 0.3) is 0 Å². The summed E-state index contributed by atoms with van der Waals surface area (Å²) in [5.41, 5.74) is 0.624. The summed E-state index contributed by atoms with van der Waals surface area (Å²) in [5.74, 6) is -0.558. The van der Waals surface area contributed by atoms with Gasteiger partial charge in [-0.1, -0.05) is 12.1 Å². The number of carbonyl (C=O) groups is 2. The fourth-order valence-corrected chi connectivity index (χ4v) is 3.74. The standard InChI is InChI=1S/C19H21N3O5S/c1-20-28(26,27)15-8-6-14(7-9-15)18(24)21-10-12-22(13-11-21)19(25)16-4-2-3-5-17(16)23/h2-9,20,23H,10-13H2,1H3. The number of hydrogen-bond acceptors (Lipinski definition) is 5. The lowest BCUT2D eigenvalue weighted by atomic mass is 10.1. The summed E-state index contributed by atoms with van der Waals surface area (Å²) < 4.78 is 25.7. The molecule has 0 unspecified atom stereocenters. The van der Waals surface area contributed by atoms with Gasteiger partial charge in [-0.05, 0) is 43.4 Å². The summed E-state index contributed by atoms with van der Waals surface area (Å²) >= 11 is 0. The molecule has 1 fully saturated rings. The number of piperazine rings is 1. The molecule has 0 bridgehead atoms. The largest absolute Gasteiger partial charge is 0.507 e. The SMILES string of the molecule is CNS(=O)(=O)c1ccc(C(=O)N2CCN(C(=O)c3ccccc3O)CC2)cc1. The molecule has 8 nitrogen and oxygen atoms in total. The first-order valence-corrected chi connectivity index (χ1v) is 10.2. The summed E-state index contributed by atoms with van der Waals surface area (Å²) in [6, 6.07) is 12.1. The Morgan fingerprint density at radius 2 is 1.43 bits per heavy atom. The topological polar surface area (TPSA) is 107 Å². The van der Waals surface area contributed by atoms with Crippen LogP contribution in [-0.2, 0) is 10.0 Å². The Balaban J connectivity index is 1.64. The molecule has 0 aliphatic carbocycles. The van der Waals surface area contributed by atoms with E-state index >= 15 is 0 Å². The highest BCUT2D eigenvalue weighted by atomic mass is 32.2. The Hall–Kier alpha value is -2.91. The molecule has 0 radical (unpaired) electrons. The number of benzene rings is 2. The average Bonchev–Trinajstić information content (AvgIpc) is 2.73. The predicted molar refractivity (Wildman–Crippen MR) is 103 cm³/mol. The minimum Gasteiger partial charge on any atom is -0.507 e. The molecule has 1 aliphatic heterocycles. The van der Waals surface area contributed by atoms with E-state index in [-0.39, 0.29) is 28.0 Å². The Kier molecular flexibility index (Phi) is 5.66. The van der Waals surface area contributed by atoms with Crippen LogP contribution in [0.5, 0.6) is 5.75 Å². The number of sulfonamides is 1. The van der Waals surface area contributed by atoms with E-state index in [1.807, 2.05) is 0 Å². The van der Waals surface area contributed by atoms with Crippen molar-refractivity contribution in [2.75, 3.05) is 33.2 Å². The van der Waals surface area contributed by atoms with Gasteiger partial charge in [-0.2, -0.15) is 0 Å². The number of nitrogens with zero attached hydrogens (tertiary/aromatic N) is 2. The van der Waals surface area contributed by atoms with Gasteiger partial charge in [-0.15, -0.1) is 0 Å². The normalized spacial score (nSPS) is 14.8. The van der Waals surface area contributed by atoms with Crippen molar-refractivity contribution in [1.82, 2.24) is 14.5 Å². The van der Waals surface area contributed by atoms with E-state index in [1.54, 1.807) is 28.0 Å². The van der Waals surface area contributed by atoms with Gasteiger partial charge < -0.3 is 14.9 Å². The van der Waals surface area contributed by atoms with Crippen LogP contribution in [0.4, 0.5) is 0 Å². The molecule has 148 valence electrons. The maximum absolute atomic E-state index is 12.6. The van der Waals surface area contributed by atoms with E-state index in [4.69, 9.17) is 0 Å². The molecule has 28 heavy (non-hydrogen) atoms. The van der Waals surface area contributed by atoms with Gasteiger partial charge in [0.1, 0.15) is 5.75 Å². The molecule has 0 spiro atoms. The third-order valence-electron chi connectivity index (χ3n) is 4.67. The molecule has 1 heterocycles. The third kappa shape index (κ3) is 4.00. The molecule has 0 atom stereocenters. The summed E-state index contributed by atoms with van der Waals surface area (Å²) in [6.07, 6.45) is 0. The lowest BCUT2D eigenvalue weighted by Gasteiger charge is -2.35. The van der Waals surface area contributed by atoms with Crippen LogP contribution >= 0.6 is 0 Å². The van der Waals surface area contributed by atoms with Crippen LogP contribution in [0.1, 0.15) is 20.7 Å². The van der Waals surface area contributed by atoms with Gasteiger partial charge in [0.2, 0.25) is 10.0 Å². The van der Waals surface area contributed by atoms with Crippen molar-refractivity contribution in [1.29, 1.82) is 0 Å². The molecule has 2 N–H and O–H groups in total. The number of rotatable bonds is 4. The van der Waals surface area contributed by atoms with Crippen molar-refractivity contribution >= 4 is 21.8 Å². The molecule has 0 saturated carbocycles. The van der Waals surface area contributed by atoms with E-state index in [0.29, 0.717) is 31.7 Å². The van der Waals surface area contributed by atoms with Gasteiger partial charge in [0.15, 0.2) is 0 Å². The van der Waals surface area contributed by atoms with E-state index in [1.165, 1.54) is 37.4 Å². The molecule has 0 aromatic heterocycles. The van der Waals surface area contributed by atoms with Crippen LogP contribution < -0.4 is 4.72 Å². The molecular formula is C19H21N3O5S. The maximum atomic E-state index is 12.6. The number of amides is 2. The molecular weight excluding hydrogens is 382 g/mol. The highest BCUT2D eigenvalue weighted by molar-refractivity contribution is 7.89. The monoisotopic (exact) mass is 403 g/mol. The minimum atomic E-state index is -3.55.